The molecular weight excluding hydrogens is 235 g/mol. The number of hydrogen-bond donors (Lipinski definition) is 1. The van der Waals surface area contributed by atoms with Gasteiger partial charge in [-0.05, 0) is 42.3 Å². The van der Waals surface area contributed by atoms with E-state index in [0.717, 1.165) is 21.8 Å². The van der Waals surface area contributed by atoms with E-state index in [1.165, 1.54) is 6.07 Å². The van der Waals surface area contributed by atoms with E-state index in [-0.39, 0.29) is 5.82 Å². The predicted molar refractivity (Wildman–Crippen MR) is 69.3 cm³/mol. The molecule has 0 unspecified atom stereocenters. The molecule has 2 N–H and O–H groups in total. The van der Waals surface area contributed by atoms with E-state index in [1.54, 1.807) is 30.1 Å². The maximum atomic E-state index is 12.9. The van der Waals surface area contributed by atoms with Crippen molar-refractivity contribution in [1.82, 2.24) is 4.98 Å². The molecule has 0 atom stereocenters. The molecule has 0 saturated carbocycles. The van der Waals surface area contributed by atoms with Crippen molar-refractivity contribution in [2.24, 2.45) is 0 Å². The summed E-state index contributed by atoms with van der Waals surface area (Å²) < 4.78 is 12.9. The lowest BCUT2D eigenvalue weighted by atomic mass is 10.1. The first-order chi connectivity index (χ1) is 8.15. The van der Waals surface area contributed by atoms with Crippen LogP contribution in [0.25, 0.3) is 0 Å². The normalized spacial score (nSPS) is 10.5. The number of anilines is 1. The molecule has 0 aliphatic rings. The molecular formula is C13H13FN2S. The Hall–Kier alpha value is -1.55. The third kappa shape index (κ3) is 3.20. The number of thioether (sulfide) groups is 1. The third-order valence-electron chi connectivity index (χ3n) is 2.46. The Morgan fingerprint density at radius 3 is 2.76 bits per heavy atom. The minimum atomic E-state index is -0.189. The molecule has 1 aromatic carbocycles. The summed E-state index contributed by atoms with van der Waals surface area (Å²) in [7, 11) is 0. The standard InChI is InChI=1S/C13H13FN2S/c1-9-6-11(14)3-2-10(9)8-17-12-4-5-13(15)16-7-12/h2-7H,8H2,1H3,(H2,15,16). The maximum absolute atomic E-state index is 12.9. The molecule has 17 heavy (non-hydrogen) atoms. The Morgan fingerprint density at radius 1 is 1.29 bits per heavy atom. The average molecular weight is 248 g/mol. The van der Waals surface area contributed by atoms with Crippen molar-refractivity contribution in [2.45, 2.75) is 17.6 Å². The zero-order chi connectivity index (χ0) is 12.3. The van der Waals surface area contributed by atoms with E-state index in [0.29, 0.717) is 5.82 Å². The number of benzene rings is 1. The number of rotatable bonds is 3. The van der Waals surface area contributed by atoms with Gasteiger partial charge in [0.1, 0.15) is 11.6 Å². The van der Waals surface area contributed by atoms with Crippen molar-refractivity contribution in [1.29, 1.82) is 0 Å². The van der Waals surface area contributed by atoms with E-state index in [4.69, 9.17) is 5.73 Å². The zero-order valence-electron chi connectivity index (χ0n) is 9.48. The molecule has 0 radical (unpaired) electrons. The lowest BCUT2D eigenvalue weighted by Gasteiger charge is -2.05. The monoisotopic (exact) mass is 248 g/mol. The molecule has 0 saturated heterocycles. The minimum absolute atomic E-state index is 0.189. The van der Waals surface area contributed by atoms with Crippen LogP contribution in [0.15, 0.2) is 41.4 Å². The molecule has 0 bridgehead atoms. The summed E-state index contributed by atoms with van der Waals surface area (Å²) >= 11 is 1.66. The Kier molecular flexibility index (Phi) is 3.64. The van der Waals surface area contributed by atoms with Crippen LogP contribution in [0, 0.1) is 12.7 Å². The highest BCUT2D eigenvalue weighted by Crippen LogP contribution is 2.24. The predicted octanol–water partition coefficient (Wildman–Crippen LogP) is 3.40. The van der Waals surface area contributed by atoms with Crippen LogP contribution in [0.2, 0.25) is 0 Å². The summed E-state index contributed by atoms with van der Waals surface area (Å²) in [6, 6.07) is 8.58. The highest BCUT2D eigenvalue weighted by Gasteiger charge is 2.01. The summed E-state index contributed by atoms with van der Waals surface area (Å²) in [5.41, 5.74) is 7.62. The van der Waals surface area contributed by atoms with Crippen LogP contribution in [-0.4, -0.2) is 4.98 Å². The third-order valence-corrected chi connectivity index (χ3v) is 3.49. The minimum Gasteiger partial charge on any atom is -0.384 e. The largest absolute Gasteiger partial charge is 0.384 e. The summed E-state index contributed by atoms with van der Waals surface area (Å²) in [5, 5.41) is 0. The first kappa shape index (κ1) is 11.9. The summed E-state index contributed by atoms with van der Waals surface area (Å²) in [6.45, 7) is 1.92. The van der Waals surface area contributed by atoms with Gasteiger partial charge in [0.25, 0.3) is 0 Å². The van der Waals surface area contributed by atoms with Gasteiger partial charge in [0.2, 0.25) is 0 Å². The molecule has 0 amide bonds. The number of nitrogen functional groups attached to an aromatic ring is 1. The molecule has 88 valence electrons. The van der Waals surface area contributed by atoms with Gasteiger partial charge < -0.3 is 5.73 Å². The average Bonchev–Trinajstić information content (AvgIpc) is 2.30. The Morgan fingerprint density at radius 2 is 2.12 bits per heavy atom. The van der Waals surface area contributed by atoms with Gasteiger partial charge in [-0.1, -0.05) is 6.07 Å². The number of halogens is 1. The van der Waals surface area contributed by atoms with Crippen molar-refractivity contribution in [3.8, 4) is 0 Å². The Balaban J connectivity index is 2.04. The molecule has 2 aromatic rings. The van der Waals surface area contributed by atoms with Gasteiger partial charge in [-0.2, -0.15) is 0 Å². The molecule has 2 nitrogen and oxygen atoms in total. The van der Waals surface area contributed by atoms with Gasteiger partial charge in [0.15, 0.2) is 0 Å². The van der Waals surface area contributed by atoms with Crippen LogP contribution in [0.1, 0.15) is 11.1 Å². The smallest absolute Gasteiger partial charge is 0.123 e. The summed E-state index contributed by atoms with van der Waals surface area (Å²) in [5.74, 6) is 1.13. The quantitative estimate of drug-likeness (QED) is 0.846. The fraction of sp³-hybridized carbons (Fsp3) is 0.154. The van der Waals surface area contributed by atoms with Crippen LogP contribution in [0.5, 0.6) is 0 Å². The van der Waals surface area contributed by atoms with E-state index in [9.17, 15) is 4.39 Å². The Bertz CT molecular complexity index is 511. The molecule has 0 fully saturated rings. The molecule has 1 aromatic heterocycles. The zero-order valence-corrected chi connectivity index (χ0v) is 10.3. The van der Waals surface area contributed by atoms with E-state index in [2.05, 4.69) is 4.98 Å². The fourth-order valence-corrected chi connectivity index (χ4v) is 2.40. The number of pyridine rings is 1. The van der Waals surface area contributed by atoms with Gasteiger partial charge in [0.05, 0.1) is 0 Å². The molecule has 4 heteroatoms. The second kappa shape index (κ2) is 5.19. The van der Waals surface area contributed by atoms with Crippen molar-refractivity contribution >= 4 is 17.6 Å². The highest BCUT2D eigenvalue weighted by atomic mass is 32.2. The molecule has 0 spiro atoms. The Labute approximate surface area is 104 Å². The van der Waals surface area contributed by atoms with E-state index < -0.39 is 0 Å². The van der Waals surface area contributed by atoms with Gasteiger partial charge in [-0.3, -0.25) is 0 Å². The topological polar surface area (TPSA) is 38.9 Å². The first-order valence-electron chi connectivity index (χ1n) is 5.24. The van der Waals surface area contributed by atoms with Gasteiger partial charge in [-0.25, -0.2) is 9.37 Å². The van der Waals surface area contributed by atoms with Crippen molar-refractivity contribution in [3.05, 3.63) is 53.5 Å². The van der Waals surface area contributed by atoms with E-state index in [1.807, 2.05) is 19.1 Å². The van der Waals surface area contributed by atoms with Crippen LogP contribution < -0.4 is 5.73 Å². The van der Waals surface area contributed by atoms with Crippen molar-refractivity contribution < 1.29 is 4.39 Å². The maximum Gasteiger partial charge on any atom is 0.123 e. The van der Waals surface area contributed by atoms with Gasteiger partial charge in [-0.15, -0.1) is 11.8 Å². The second-order valence-electron chi connectivity index (χ2n) is 3.78. The molecule has 2 rings (SSSR count). The van der Waals surface area contributed by atoms with Crippen LogP contribution in [-0.2, 0) is 5.75 Å². The van der Waals surface area contributed by atoms with Gasteiger partial charge >= 0.3 is 0 Å². The van der Waals surface area contributed by atoms with Crippen LogP contribution in [0.4, 0.5) is 10.2 Å². The first-order valence-corrected chi connectivity index (χ1v) is 6.23. The fourth-order valence-electron chi connectivity index (χ4n) is 1.46. The summed E-state index contributed by atoms with van der Waals surface area (Å²) in [6.07, 6.45) is 1.75. The number of aromatic nitrogens is 1. The lowest BCUT2D eigenvalue weighted by molar-refractivity contribution is 0.626. The van der Waals surface area contributed by atoms with Crippen LogP contribution in [0.3, 0.4) is 0 Å². The van der Waals surface area contributed by atoms with Gasteiger partial charge in [0, 0.05) is 16.8 Å². The van der Waals surface area contributed by atoms with Crippen molar-refractivity contribution in [3.63, 3.8) is 0 Å². The highest BCUT2D eigenvalue weighted by molar-refractivity contribution is 7.98. The second-order valence-corrected chi connectivity index (χ2v) is 4.83. The lowest BCUT2D eigenvalue weighted by Crippen LogP contribution is -1.90. The molecule has 1 heterocycles. The number of aryl methyl sites for hydroxylation is 1. The summed E-state index contributed by atoms with van der Waals surface area (Å²) in [4.78, 5) is 5.08. The SMILES string of the molecule is Cc1cc(F)ccc1CSc1ccc(N)nc1. The van der Waals surface area contributed by atoms with Crippen LogP contribution >= 0.6 is 11.8 Å². The van der Waals surface area contributed by atoms with Crippen molar-refractivity contribution in [2.75, 3.05) is 5.73 Å². The number of nitrogens with two attached hydrogens (primary N) is 1. The number of nitrogens with zero attached hydrogens (tertiary/aromatic N) is 1. The van der Waals surface area contributed by atoms with E-state index >= 15 is 0 Å². The molecule has 0 aliphatic carbocycles. The number of hydrogen-bond acceptors (Lipinski definition) is 3. The molecule has 0 aliphatic heterocycles.